The van der Waals surface area contributed by atoms with Gasteiger partial charge in [-0.05, 0) is 29.3 Å². The van der Waals surface area contributed by atoms with Crippen molar-refractivity contribution < 1.29 is 0 Å². The van der Waals surface area contributed by atoms with Crippen molar-refractivity contribution in [2.24, 2.45) is 0 Å². The van der Waals surface area contributed by atoms with E-state index in [1.807, 2.05) is 18.2 Å². The van der Waals surface area contributed by atoms with Crippen molar-refractivity contribution in [2.75, 3.05) is 18.4 Å². The highest BCUT2D eigenvalue weighted by Crippen LogP contribution is 2.31. The standard InChI is InChI=1S/C15H15ClN2.ClH/c16-12-6-7-14-13(10-12)15(18-9-8-17-14)11-4-2-1-3-5-11;/h1-7,10,15,17-18H,8-9H2;1H. The highest BCUT2D eigenvalue weighted by atomic mass is 35.5. The molecule has 0 aliphatic carbocycles. The van der Waals surface area contributed by atoms with E-state index in [9.17, 15) is 0 Å². The van der Waals surface area contributed by atoms with E-state index in [4.69, 9.17) is 11.6 Å². The number of halogens is 2. The van der Waals surface area contributed by atoms with Crippen LogP contribution in [0.25, 0.3) is 0 Å². The number of hydrogen-bond donors (Lipinski definition) is 2. The van der Waals surface area contributed by atoms with Crippen LogP contribution in [0.2, 0.25) is 5.02 Å². The number of hydrogen-bond acceptors (Lipinski definition) is 2. The Morgan fingerprint density at radius 3 is 2.58 bits per heavy atom. The molecule has 1 unspecified atom stereocenters. The largest absolute Gasteiger partial charge is 0.383 e. The summed E-state index contributed by atoms with van der Waals surface area (Å²) in [6.45, 7) is 1.86. The van der Waals surface area contributed by atoms with Crippen LogP contribution < -0.4 is 10.6 Å². The summed E-state index contributed by atoms with van der Waals surface area (Å²) in [5, 5.41) is 7.77. The smallest absolute Gasteiger partial charge is 0.0598 e. The molecule has 0 amide bonds. The van der Waals surface area contributed by atoms with Crippen LogP contribution in [-0.2, 0) is 0 Å². The minimum Gasteiger partial charge on any atom is -0.383 e. The zero-order valence-electron chi connectivity index (χ0n) is 10.4. The van der Waals surface area contributed by atoms with Crippen LogP contribution in [0.3, 0.4) is 0 Å². The molecule has 1 aliphatic rings. The summed E-state index contributed by atoms with van der Waals surface area (Å²) in [6, 6.07) is 16.7. The first-order valence-corrected chi connectivity index (χ1v) is 6.54. The SMILES string of the molecule is Cl.Clc1ccc2c(c1)C(c1ccccc1)NCCN2. The van der Waals surface area contributed by atoms with Gasteiger partial charge in [0.15, 0.2) is 0 Å². The lowest BCUT2D eigenvalue weighted by molar-refractivity contribution is 0.634. The van der Waals surface area contributed by atoms with E-state index >= 15 is 0 Å². The monoisotopic (exact) mass is 294 g/mol. The Labute approximate surface area is 124 Å². The molecule has 2 nitrogen and oxygen atoms in total. The molecule has 1 heterocycles. The maximum Gasteiger partial charge on any atom is 0.0598 e. The minimum absolute atomic E-state index is 0. The molecule has 1 aliphatic heterocycles. The van der Waals surface area contributed by atoms with E-state index in [0.29, 0.717) is 0 Å². The normalized spacial score (nSPS) is 17.6. The Morgan fingerprint density at radius 1 is 1.00 bits per heavy atom. The summed E-state index contributed by atoms with van der Waals surface area (Å²) >= 11 is 6.13. The fourth-order valence-corrected chi connectivity index (χ4v) is 2.58. The molecule has 2 aromatic rings. The van der Waals surface area contributed by atoms with Crippen LogP contribution in [0.1, 0.15) is 17.2 Å². The third kappa shape index (κ3) is 3.03. The fourth-order valence-electron chi connectivity index (χ4n) is 2.40. The van der Waals surface area contributed by atoms with Gasteiger partial charge in [-0.2, -0.15) is 0 Å². The van der Waals surface area contributed by atoms with Crippen molar-refractivity contribution in [3.8, 4) is 0 Å². The summed E-state index contributed by atoms with van der Waals surface area (Å²) in [5.74, 6) is 0. The van der Waals surface area contributed by atoms with E-state index in [1.54, 1.807) is 0 Å². The van der Waals surface area contributed by atoms with Gasteiger partial charge in [-0.3, -0.25) is 0 Å². The molecule has 2 aromatic carbocycles. The summed E-state index contributed by atoms with van der Waals surface area (Å²) < 4.78 is 0. The van der Waals surface area contributed by atoms with Gasteiger partial charge < -0.3 is 10.6 Å². The molecule has 4 heteroatoms. The lowest BCUT2D eigenvalue weighted by Crippen LogP contribution is -2.23. The predicted octanol–water partition coefficient (Wildman–Crippen LogP) is 3.87. The third-order valence-electron chi connectivity index (χ3n) is 3.25. The second-order valence-electron chi connectivity index (χ2n) is 4.46. The first-order valence-electron chi connectivity index (χ1n) is 6.16. The molecule has 100 valence electrons. The quantitative estimate of drug-likeness (QED) is 0.834. The summed E-state index contributed by atoms with van der Waals surface area (Å²) in [7, 11) is 0. The van der Waals surface area contributed by atoms with Gasteiger partial charge in [-0.25, -0.2) is 0 Å². The van der Waals surface area contributed by atoms with Crippen molar-refractivity contribution >= 4 is 29.7 Å². The summed E-state index contributed by atoms with van der Waals surface area (Å²) in [4.78, 5) is 0. The van der Waals surface area contributed by atoms with Crippen molar-refractivity contribution in [3.63, 3.8) is 0 Å². The Balaban J connectivity index is 0.00000133. The second-order valence-corrected chi connectivity index (χ2v) is 4.89. The molecule has 2 N–H and O–H groups in total. The first kappa shape index (κ1) is 14.2. The Bertz CT molecular complexity index is 543. The number of anilines is 1. The van der Waals surface area contributed by atoms with Crippen molar-refractivity contribution in [1.82, 2.24) is 5.32 Å². The van der Waals surface area contributed by atoms with Gasteiger partial charge in [0.1, 0.15) is 0 Å². The van der Waals surface area contributed by atoms with Gasteiger partial charge in [0.05, 0.1) is 6.04 Å². The topological polar surface area (TPSA) is 24.1 Å². The van der Waals surface area contributed by atoms with Crippen LogP contribution in [0.5, 0.6) is 0 Å². The molecule has 0 bridgehead atoms. The minimum atomic E-state index is 0. The number of rotatable bonds is 1. The van der Waals surface area contributed by atoms with Crippen molar-refractivity contribution in [1.29, 1.82) is 0 Å². The molecular formula is C15H16Cl2N2. The zero-order valence-corrected chi connectivity index (χ0v) is 12.0. The number of benzene rings is 2. The molecule has 19 heavy (non-hydrogen) atoms. The van der Waals surface area contributed by atoms with Crippen LogP contribution in [-0.4, -0.2) is 13.1 Å². The van der Waals surface area contributed by atoms with Gasteiger partial charge in [0.2, 0.25) is 0 Å². The van der Waals surface area contributed by atoms with E-state index in [0.717, 1.165) is 18.1 Å². The van der Waals surface area contributed by atoms with Gasteiger partial charge in [0, 0.05) is 23.8 Å². The van der Waals surface area contributed by atoms with Crippen LogP contribution in [0.4, 0.5) is 5.69 Å². The third-order valence-corrected chi connectivity index (χ3v) is 3.48. The second kappa shape index (κ2) is 6.29. The summed E-state index contributed by atoms with van der Waals surface area (Å²) in [6.07, 6.45) is 0. The average molecular weight is 295 g/mol. The van der Waals surface area contributed by atoms with Crippen LogP contribution in [0.15, 0.2) is 48.5 Å². The highest BCUT2D eigenvalue weighted by molar-refractivity contribution is 6.30. The van der Waals surface area contributed by atoms with E-state index in [2.05, 4.69) is 41.0 Å². The molecule has 0 fully saturated rings. The number of fused-ring (bicyclic) bond motifs is 1. The molecule has 1 atom stereocenters. The van der Waals surface area contributed by atoms with E-state index < -0.39 is 0 Å². The lowest BCUT2D eigenvalue weighted by Gasteiger charge is -2.19. The molecule has 0 radical (unpaired) electrons. The molecule has 0 saturated heterocycles. The van der Waals surface area contributed by atoms with Crippen molar-refractivity contribution in [2.45, 2.75) is 6.04 Å². The lowest BCUT2D eigenvalue weighted by atomic mass is 9.97. The fraction of sp³-hybridized carbons (Fsp3) is 0.200. The van der Waals surface area contributed by atoms with E-state index in [1.165, 1.54) is 16.8 Å². The molecule has 0 aromatic heterocycles. The number of nitrogens with one attached hydrogen (secondary N) is 2. The molecule has 3 rings (SSSR count). The Kier molecular flexibility index (Phi) is 4.70. The van der Waals surface area contributed by atoms with Crippen LogP contribution >= 0.6 is 24.0 Å². The maximum absolute atomic E-state index is 6.13. The molecule has 0 spiro atoms. The van der Waals surface area contributed by atoms with Crippen LogP contribution in [0, 0.1) is 0 Å². The van der Waals surface area contributed by atoms with Gasteiger partial charge in [-0.1, -0.05) is 41.9 Å². The molecule has 0 saturated carbocycles. The Morgan fingerprint density at radius 2 is 1.79 bits per heavy atom. The van der Waals surface area contributed by atoms with Crippen molar-refractivity contribution in [3.05, 3.63) is 64.7 Å². The van der Waals surface area contributed by atoms with Gasteiger partial charge >= 0.3 is 0 Å². The highest BCUT2D eigenvalue weighted by Gasteiger charge is 2.19. The molecular weight excluding hydrogens is 279 g/mol. The average Bonchev–Trinajstić information content (AvgIpc) is 2.61. The maximum atomic E-state index is 6.13. The summed E-state index contributed by atoms with van der Waals surface area (Å²) in [5.41, 5.74) is 3.65. The predicted molar refractivity (Wildman–Crippen MR) is 83.5 cm³/mol. The zero-order chi connectivity index (χ0) is 12.4. The first-order chi connectivity index (χ1) is 8.84. The van der Waals surface area contributed by atoms with Gasteiger partial charge in [0.25, 0.3) is 0 Å². The Hall–Kier alpha value is -1.22. The van der Waals surface area contributed by atoms with Gasteiger partial charge in [-0.15, -0.1) is 12.4 Å². The van der Waals surface area contributed by atoms with E-state index in [-0.39, 0.29) is 18.4 Å².